The average molecular weight is 306 g/mol. The highest BCUT2D eigenvalue weighted by Gasteiger charge is 2.46. The average Bonchev–Trinajstić information content (AvgIpc) is 3.04. The molecule has 5 heteroatoms. The Morgan fingerprint density at radius 1 is 1.27 bits per heavy atom. The fraction of sp³-hybridized carbons (Fsp3) is 0.647. The van der Waals surface area contributed by atoms with E-state index in [9.17, 15) is 4.79 Å². The Balaban J connectivity index is 2.17. The molecule has 1 aliphatic rings. The number of ether oxygens (including phenoxy) is 2. The molecule has 0 aromatic carbocycles. The smallest absolute Gasteiger partial charge is 0.413 e. The van der Waals surface area contributed by atoms with Crippen LogP contribution in [0.4, 0.5) is 0 Å². The number of epoxide rings is 1. The van der Waals surface area contributed by atoms with E-state index in [1.807, 2.05) is 13.0 Å². The van der Waals surface area contributed by atoms with Gasteiger partial charge in [0.15, 0.2) is 0 Å². The van der Waals surface area contributed by atoms with Crippen LogP contribution in [0, 0.1) is 0 Å². The molecule has 0 aromatic rings. The Morgan fingerprint density at radius 2 is 1.91 bits per heavy atom. The minimum absolute atomic E-state index is 0.0811. The first-order valence-electron chi connectivity index (χ1n) is 7.68. The molecular formula is C17H26N2O3. The van der Waals surface area contributed by atoms with Crippen molar-refractivity contribution in [3.63, 3.8) is 0 Å². The van der Waals surface area contributed by atoms with Crippen molar-refractivity contribution in [3.05, 3.63) is 28.8 Å². The largest absolute Gasteiger partial charge is 0.453 e. The highest BCUT2D eigenvalue weighted by molar-refractivity contribution is 6.20. The van der Waals surface area contributed by atoms with Crippen LogP contribution < -0.4 is 0 Å². The molecule has 0 amide bonds. The Kier molecular flexibility index (Phi) is 7.22. The van der Waals surface area contributed by atoms with Crippen molar-refractivity contribution >= 4 is 12.2 Å². The third-order valence-corrected chi connectivity index (χ3v) is 3.82. The quantitative estimate of drug-likeness (QED) is 0.163. The molecule has 1 atom stereocenters. The van der Waals surface area contributed by atoms with Crippen LogP contribution in [-0.2, 0) is 14.3 Å². The van der Waals surface area contributed by atoms with Gasteiger partial charge in [0.2, 0.25) is 0 Å². The first-order chi connectivity index (χ1) is 10.3. The third kappa shape index (κ3) is 7.34. The molecular weight excluding hydrogens is 280 g/mol. The van der Waals surface area contributed by atoms with Crippen LogP contribution in [0.5, 0.6) is 0 Å². The molecule has 122 valence electrons. The van der Waals surface area contributed by atoms with Gasteiger partial charge in [-0.05, 0) is 59.5 Å². The molecule has 0 spiro atoms. The molecule has 0 saturated carbocycles. The van der Waals surface area contributed by atoms with Gasteiger partial charge < -0.3 is 15.0 Å². The first kappa shape index (κ1) is 18.3. The van der Waals surface area contributed by atoms with E-state index in [-0.39, 0.29) is 12.2 Å². The van der Waals surface area contributed by atoms with Gasteiger partial charge in [-0.1, -0.05) is 17.2 Å². The van der Waals surface area contributed by atoms with Crippen molar-refractivity contribution in [2.45, 2.75) is 65.1 Å². The van der Waals surface area contributed by atoms with Gasteiger partial charge in [0, 0.05) is 0 Å². The fourth-order valence-electron chi connectivity index (χ4n) is 2.20. The lowest BCUT2D eigenvalue weighted by Gasteiger charge is -2.02. The zero-order chi connectivity index (χ0) is 16.6. The molecule has 0 radical (unpaired) electrons. The topological polar surface area (TPSA) is 75.2 Å². The lowest BCUT2D eigenvalue weighted by molar-refractivity contribution is -0.137. The summed E-state index contributed by atoms with van der Waals surface area (Å²) in [6, 6.07) is 0. The van der Waals surface area contributed by atoms with Crippen molar-refractivity contribution < 1.29 is 19.1 Å². The van der Waals surface area contributed by atoms with Crippen LogP contribution in [0.15, 0.2) is 23.3 Å². The number of carbonyl (C=O) groups is 1. The van der Waals surface area contributed by atoms with Gasteiger partial charge in [-0.15, -0.1) is 0 Å². The van der Waals surface area contributed by atoms with Gasteiger partial charge in [-0.2, -0.15) is 4.79 Å². The van der Waals surface area contributed by atoms with E-state index in [0.717, 1.165) is 31.9 Å². The Hall–Kier alpha value is -1.71. The zero-order valence-corrected chi connectivity index (χ0v) is 14.0. The van der Waals surface area contributed by atoms with Crippen LogP contribution in [-0.4, -0.2) is 35.3 Å². The van der Waals surface area contributed by atoms with E-state index in [1.54, 1.807) is 0 Å². The molecule has 0 unspecified atom stereocenters. The monoisotopic (exact) mass is 306 g/mol. The molecule has 1 rings (SSSR count). The summed E-state index contributed by atoms with van der Waals surface area (Å²) in [4.78, 5) is 13.5. The fourth-order valence-corrected chi connectivity index (χ4v) is 2.20. The number of allylic oxidation sites excluding steroid dienone is 3. The molecule has 0 aliphatic carbocycles. The summed E-state index contributed by atoms with van der Waals surface area (Å²) in [6.07, 6.45) is 9.37. The summed E-state index contributed by atoms with van der Waals surface area (Å²) in [5.74, 6) is -0.646. The lowest BCUT2D eigenvalue weighted by Crippen LogP contribution is -2.06. The summed E-state index contributed by atoms with van der Waals surface area (Å²) in [5, 5.41) is 0. The van der Waals surface area contributed by atoms with Crippen molar-refractivity contribution in [1.29, 1.82) is 0 Å². The molecule has 1 heterocycles. The number of hydrogen-bond acceptors (Lipinski definition) is 3. The predicted molar refractivity (Wildman–Crippen MR) is 85.6 cm³/mol. The van der Waals surface area contributed by atoms with E-state index in [2.05, 4.69) is 31.6 Å². The van der Waals surface area contributed by atoms with E-state index >= 15 is 0 Å². The summed E-state index contributed by atoms with van der Waals surface area (Å²) < 4.78 is 10.4. The standard InChI is InChI=1S/C17H26N2O3/c1-13(8-9-15-17(3,4)22-15)6-5-7-14(2)10-11-21-16(20)12-19-18/h6,10,12,15H,5,7-9,11H2,1-4H3/b13-6+,14-10+/t15-/m1/s1. The Bertz CT molecular complexity index is 500. The molecule has 5 nitrogen and oxygen atoms in total. The summed E-state index contributed by atoms with van der Waals surface area (Å²) in [7, 11) is 0. The first-order valence-corrected chi connectivity index (χ1v) is 7.68. The third-order valence-electron chi connectivity index (χ3n) is 3.82. The molecule has 1 fully saturated rings. The second-order valence-electron chi connectivity index (χ2n) is 6.26. The number of rotatable bonds is 9. The molecule has 0 N–H and O–H groups in total. The van der Waals surface area contributed by atoms with Gasteiger partial charge >= 0.3 is 12.2 Å². The minimum atomic E-state index is -0.646. The highest BCUT2D eigenvalue weighted by atomic mass is 16.6. The van der Waals surface area contributed by atoms with Crippen LogP contribution in [0.3, 0.4) is 0 Å². The predicted octanol–water partition coefficient (Wildman–Crippen LogP) is 3.46. The highest BCUT2D eigenvalue weighted by Crippen LogP contribution is 2.38. The molecule has 1 saturated heterocycles. The van der Waals surface area contributed by atoms with Crippen molar-refractivity contribution in [1.82, 2.24) is 0 Å². The van der Waals surface area contributed by atoms with Crippen LogP contribution in [0.1, 0.15) is 53.4 Å². The summed E-state index contributed by atoms with van der Waals surface area (Å²) in [5.41, 5.74) is 10.8. The van der Waals surface area contributed by atoms with E-state index in [4.69, 9.17) is 15.0 Å². The number of nitrogens with zero attached hydrogens (tertiary/aromatic N) is 2. The minimum Gasteiger partial charge on any atom is -0.453 e. The number of hydrogen-bond donors (Lipinski definition) is 0. The van der Waals surface area contributed by atoms with Crippen molar-refractivity contribution in [2.24, 2.45) is 0 Å². The van der Waals surface area contributed by atoms with Gasteiger partial charge in [-0.3, -0.25) is 0 Å². The molecule has 0 bridgehead atoms. The van der Waals surface area contributed by atoms with Gasteiger partial charge in [-0.25, -0.2) is 4.79 Å². The SMILES string of the molecule is C/C(=C\COC(=O)C=[N+]=[N-])CC/C=C(\C)CC[C@H]1OC1(C)C. The van der Waals surface area contributed by atoms with Crippen LogP contribution in [0.2, 0.25) is 0 Å². The van der Waals surface area contributed by atoms with Gasteiger partial charge in [0.25, 0.3) is 0 Å². The maximum atomic E-state index is 10.9. The molecule has 22 heavy (non-hydrogen) atoms. The number of esters is 1. The van der Waals surface area contributed by atoms with Gasteiger partial charge in [0.05, 0.1) is 11.7 Å². The second-order valence-corrected chi connectivity index (χ2v) is 6.26. The lowest BCUT2D eigenvalue weighted by atomic mass is 10.0. The van der Waals surface area contributed by atoms with E-state index in [1.165, 1.54) is 11.1 Å². The summed E-state index contributed by atoms with van der Waals surface area (Å²) >= 11 is 0. The van der Waals surface area contributed by atoms with E-state index < -0.39 is 5.97 Å². The van der Waals surface area contributed by atoms with Gasteiger partial charge in [0.1, 0.15) is 6.61 Å². The van der Waals surface area contributed by atoms with Crippen LogP contribution >= 0.6 is 0 Å². The van der Waals surface area contributed by atoms with E-state index in [0.29, 0.717) is 6.10 Å². The van der Waals surface area contributed by atoms with Crippen LogP contribution in [0.25, 0.3) is 5.53 Å². The Labute approximate surface area is 132 Å². The zero-order valence-electron chi connectivity index (χ0n) is 14.0. The normalized spacial score (nSPS) is 20.3. The maximum absolute atomic E-state index is 10.9. The Morgan fingerprint density at radius 3 is 2.50 bits per heavy atom. The number of carbonyl (C=O) groups excluding carboxylic acids is 1. The molecule has 0 aromatic heterocycles. The van der Waals surface area contributed by atoms with Crippen molar-refractivity contribution in [3.8, 4) is 0 Å². The molecule has 1 aliphatic heterocycles. The van der Waals surface area contributed by atoms with Crippen molar-refractivity contribution in [2.75, 3.05) is 6.61 Å². The second kappa shape index (κ2) is 8.66. The maximum Gasteiger partial charge on any atom is 0.413 e. The summed E-state index contributed by atoms with van der Waals surface area (Å²) in [6.45, 7) is 8.63.